The summed E-state index contributed by atoms with van der Waals surface area (Å²) in [5.41, 5.74) is 0. The maximum Gasteiger partial charge on any atom is 0.404 e. The Balaban J connectivity index is 1.99. The molecular formula is C11H16N2O4. The Morgan fingerprint density at radius 2 is 1.71 bits per heavy atom. The minimum Gasteiger partial charge on any atom is -0.465 e. The zero-order valence-corrected chi connectivity index (χ0v) is 9.52. The van der Waals surface area contributed by atoms with Gasteiger partial charge >= 0.3 is 6.09 Å². The van der Waals surface area contributed by atoms with Gasteiger partial charge in [0.05, 0.1) is 0 Å². The van der Waals surface area contributed by atoms with Crippen LogP contribution in [0.3, 0.4) is 0 Å². The summed E-state index contributed by atoms with van der Waals surface area (Å²) in [4.78, 5) is 33.7. The summed E-state index contributed by atoms with van der Waals surface area (Å²) in [5.74, 6) is -0.495. The number of hydrogen-bond donors (Lipinski definition) is 2. The SMILES string of the molecule is O=C(O)NCCCCCCN1C(=O)C=CC1=O. The lowest BCUT2D eigenvalue weighted by Gasteiger charge is -2.12. The molecule has 94 valence electrons. The second kappa shape index (κ2) is 6.67. The van der Waals surface area contributed by atoms with Crippen molar-refractivity contribution in [1.29, 1.82) is 0 Å². The van der Waals surface area contributed by atoms with Gasteiger partial charge in [0, 0.05) is 25.2 Å². The van der Waals surface area contributed by atoms with Gasteiger partial charge in [0.25, 0.3) is 11.8 Å². The molecule has 0 atom stereocenters. The van der Waals surface area contributed by atoms with Crippen LogP contribution in [-0.2, 0) is 9.59 Å². The van der Waals surface area contributed by atoms with E-state index in [-0.39, 0.29) is 11.8 Å². The van der Waals surface area contributed by atoms with Gasteiger partial charge in [-0.05, 0) is 12.8 Å². The summed E-state index contributed by atoms with van der Waals surface area (Å²) >= 11 is 0. The van der Waals surface area contributed by atoms with E-state index in [2.05, 4.69) is 5.32 Å². The van der Waals surface area contributed by atoms with Gasteiger partial charge in [-0.1, -0.05) is 12.8 Å². The molecule has 0 radical (unpaired) electrons. The fourth-order valence-electron chi connectivity index (χ4n) is 1.60. The number of imide groups is 1. The van der Waals surface area contributed by atoms with Crippen molar-refractivity contribution in [3.63, 3.8) is 0 Å². The van der Waals surface area contributed by atoms with Crippen molar-refractivity contribution in [2.75, 3.05) is 13.1 Å². The van der Waals surface area contributed by atoms with Crippen molar-refractivity contribution >= 4 is 17.9 Å². The van der Waals surface area contributed by atoms with Crippen LogP contribution >= 0.6 is 0 Å². The van der Waals surface area contributed by atoms with Gasteiger partial charge in [0.2, 0.25) is 0 Å². The molecule has 0 aromatic rings. The van der Waals surface area contributed by atoms with Crippen LogP contribution < -0.4 is 5.32 Å². The zero-order valence-electron chi connectivity index (χ0n) is 9.52. The number of unbranched alkanes of at least 4 members (excludes halogenated alkanes) is 3. The molecular weight excluding hydrogens is 224 g/mol. The van der Waals surface area contributed by atoms with Gasteiger partial charge < -0.3 is 10.4 Å². The van der Waals surface area contributed by atoms with Crippen LogP contribution in [0, 0.1) is 0 Å². The van der Waals surface area contributed by atoms with Crippen LogP contribution in [0.2, 0.25) is 0 Å². The molecule has 0 bridgehead atoms. The van der Waals surface area contributed by atoms with Crippen molar-refractivity contribution in [2.45, 2.75) is 25.7 Å². The quantitative estimate of drug-likeness (QED) is 0.507. The van der Waals surface area contributed by atoms with Gasteiger partial charge in [-0.2, -0.15) is 0 Å². The van der Waals surface area contributed by atoms with E-state index in [1.165, 1.54) is 17.1 Å². The highest BCUT2D eigenvalue weighted by Crippen LogP contribution is 2.07. The molecule has 0 aliphatic carbocycles. The number of carboxylic acid groups (broad SMARTS) is 1. The minimum atomic E-state index is -1.01. The largest absolute Gasteiger partial charge is 0.465 e. The number of nitrogens with zero attached hydrogens (tertiary/aromatic N) is 1. The monoisotopic (exact) mass is 240 g/mol. The van der Waals surface area contributed by atoms with Crippen LogP contribution in [0.15, 0.2) is 12.2 Å². The lowest BCUT2D eigenvalue weighted by molar-refractivity contribution is -0.136. The average Bonchev–Trinajstić information content (AvgIpc) is 2.58. The third kappa shape index (κ3) is 4.67. The molecule has 1 rings (SSSR count). The third-order valence-electron chi connectivity index (χ3n) is 2.49. The van der Waals surface area contributed by atoms with Crippen molar-refractivity contribution in [3.8, 4) is 0 Å². The molecule has 1 aliphatic rings. The van der Waals surface area contributed by atoms with Crippen LogP contribution in [-0.4, -0.2) is 41.0 Å². The molecule has 0 saturated carbocycles. The summed E-state index contributed by atoms with van der Waals surface area (Å²) < 4.78 is 0. The second-order valence-electron chi connectivity index (χ2n) is 3.81. The first kappa shape index (κ1) is 13.2. The Bertz CT molecular complexity index is 320. The van der Waals surface area contributed by atoms with E-state index >= 15 is 0 Å². The normalized spacial score (nSPS) is 14.5. The van der Waals surface area contributed by atoms with E-state index < -0.39 is 6.09 Å². The van der Waals surface area contributed by atoms with Gasteiger partial charge in [-0.25, -0.2) is 4.79 Å². The maximum atomic E-state index is 11.2. The smallest absolute Gasteiger partial charge is 0.404 e. The maximum absolute atomic E-state index is 11.2. The first-order chi connectivity index (χ1) is 8.11. The van der Waals surface area contributed by atoms with Crippen LogP contribution in [0.4, 0.5) is 4.79 Å². The van der Waals surface area contributed by atoms with E-state index in [4.69, 9.17) is 5.11 Å². The minimum absolute atomic E-state index is 0.248. The molecule has 0 spiro atoms. The van der Waals surface area contributed by atoms with E-state index in [0.29, 0.717) is 13.1 Å². The summed E-state index contributed by atoms with van der Waals surface area (Å²) in [6.07, 6.45) is 4.82. The van der Waals surface area contributed by atoms with Gasteiger partial charge in [-0.3, -0.25) is 14.5 Å². The lowest BCUT2D eigenvalue weighted by Crippen LogP contribution is -2.30. The Kier molecular flexibility index (Phi) is 5.19. The summed E-state index contributed by atoms with van der Waals surface area (Å²) in [7, 11) is 0. The molecule has 3 amide bonds. The van der Waals surface area contributed by atoms with E-state index in [1.54, 1.807) is 0 Å². The highest BCUT2D eigenvalue weighted by molar-refractivity contribution is 6.12. The number of carbonyl (C=O) groups is 3. The fraction of sp³-hybridized carbons (Fsp3) is 0.545. The summed E-state index contributed by atoms with van der Waals surface area (Å²) in [5, 5.41) is 10.6. The highest BCUT2D eigenvalue weighted by Gasteiger charge is 2.21. The van der Waals surface area contributed by atoms with Gasteiger partial charge in [0.15, 0.2) is 0 Å². The van der Waals surface area contributed by atoms with E-state index in [1.807, 2.05) is 0 Å². The Morgan fingerprint density at radius 1 is 1.12 bits per heavy atom. The number of rotatable bonds is 7. The molecule has 2 N–H and O–H groups in total. The topological polar surface area (TPSA) is 86.7 Å². The molecule has 6 nitrogen and oxygen atoms in total. The molecule has 0 saturated heterocycles. The van der Waals surface area contributed by atoms with Crippen molar-refractivity contribution in [3.05, 3.63) is 12.2 Å². The van der Waals surface area contributed by atoms with Crippen molar-refractivity contribution in [2.24, 2.45) is 0 Å². The molecule has 6 heteroatoms. The fourth-order valence-corrected chi connectivity index (χ4v) is 1.60. The number of amides is 3. The first-order valence-corrected chi connectivity index (χ1v) is 5.61. The van der Waals surface area contributed by atoms with Crippen LogP contribution in [0.25, 0.3) is 0 Å². The van der Waals surface area contributed by atoms with Gasteiger partial charge in [0.1, 0.15) is 0 Å². The number of nitrogens with one attached hydrogen (secondary N) is 1. The molecule has 17 heavy (non-hydrogen) atoms. The van der Waals surface area contributed by atoms with E-state index in [0.717, 1.165) is 25.7 Å². The lowest BCUT2D eigenvalue weighted by atomic mass is 10.2. The average molecular weight is 240 g/mol. The summed E-state index contributed by atoms with van der Waals surface area (Å²) in [6.45, 7) is 0.884. The van der Waals surface area contributed by atoms with Crippen LogP contribution in [0.5, 0.6) is 0 Å². The molecule has 0 unspecified atom stereocenters. The first-order valence-electron chi connectivity index (χ1n) is 5.61. The third-order valence-corrected chi connectivity index (χ3v) is 2.49. The Labute approximate surface area is 99.3 Å². The Morgan fingerprint density at radius 3 is 2.29 bits per heavy atom. The molecule has 0 aromatic carbocycles. The summed E-state index contributed by atoms with van der Waals surface area (Å²) in [6, 6.07) is 0. The van der Waals surface area contributed by atoms with E-state index in [9.17, 15) is 14.4 Å². The highest BCUT2D eigenvalue weighted by atomic mass is 16.4. The Hall–Kier alpha value is -1.85. The van der Waals surface area contributed by atoms with Crippen molar-refractivity contribution in [1.82, 2.24) is 10.2 Å². The standard InChI is InChI=1S/C11H16N2O4/c14-9-5-6-10(15)13(9)8-4-2-1-3-7-12-11(16)17/h5-6,12H,1-4,7-8H2,(H,16,17). The molecule has 1 heterocycles. The predicted octanol–water partition coefficient (Wildman–Crippen LogP) is 0.739. The van der Waals surface area contributed by atoms with Gasteiger partial charge in [-0.15, -0.1) is 0 Å². The number of hydrogen-bond acceptors (Lipinski definition) is 3. The predicted molar refractivity (Wildman–Crippen MR) is 60.4 cm³/mol. The van der Waals surface area contributed by atoms with Crippen molar-refractivity contribution < 1.29 is 19.5 Å². The number of carbonyl (C=O) groups excluding carboxylic acids is 2. The second-order valence-corrected chi connectivity index (χ2v) is 3.81. The molecule has 1 aliphatic heterocycles. The molecule has 0 aromatic heterocycles. The van der Waals surface area contributed by atoms with Crippen LogP contribution in [0.1, 0.15) is 25.7 Å². The zero-order chi connectivity index (χ0) is 12.7. The molecule has 0 fully saturated rings.